The number of carbonyl (C=O) groups excluding carboxylic acids is 2. The van der Waals surface area contributed by atoms with E-state index in [0.717, 1.165) is 0 Å². The van der Waals surface area contributed by atoms with Gasteiger partial charge in [0.15, 0.2) is 0 Å². The zero-order valence-corrected chi connectivity index (χ0v) is 13.3. The van der Waals surface area contributed by atoms with Gasteiger partial charge in [-0.05, 0) is 34.6 Å². The molecule has 9 heteroatoms. The highest BCUT2D eigenvalue weighted by atomic mass is 16.6. The fourth-order valence-electron chi connectivity index (χ4n) is 1.98. The maximum absolute atomic E-state index is 12.2. The summed E-state index contributed by atoms with van der Waals surface area (Å²) >= 11 is 0. The van der Waals surface area contributed by atoms with Crippen LogP contribution < -0.4 is 15.9 Å². The molecule has 1 aromatic heterocycles. The molecule has 0 aliphatic heterocycles. The third-order valence-electron chi connectivity index (χ3n) is 3.23. The number of carbonyl (C=O) groups is 2. The molecule has 3 aromatic rings. The normalized spacial score (nSPS) is 10.6. The van der Waals surface area contributed by atoms with Crippen LogP contribution in [-0.2, 0) is 0 Å². The number of nitrogens with two attached hydrogens (primary N) is 1. The number of anilines is 1. The predicted octanol–water partition coefficient (Wildman–Crippen LogP) is 1.63. The molecular weight excluding hydrogens is 338 g/mol. The maximum Gasteiger partial charge on any atom is 0.343 e. The van der Waals surface area contributed by atoms with E-state index in [1.54, 1.807) is 54.6 Å². The molecule has 0 atom stereocenters. The van der Waals surface area contributed by atoms with E-state index in [2.05, 4.69) is 25.5 Å². The van der Waals surface area contributed by atoms with E-state index in [4.69, 9.17) is 10.5 Å². The Balaban J connectivity index is 1.70. The highest BCUT2D eigenvalue weighted by Gasteiger charge is 2.15. The van der Waals surface area contributed by atoms with Crippen LogP contribution in [0.25, 0.3) is 0 Å². The average molecular weight is 351 g/mol. The van der Waals surface area contributed by atoms with Gasteiger partial charge in [0.25, 0.3) is 5.91 Å². The van der Waals surface area contributed by atoms with Crippen LogP contribution >= 0.6 is 0 Å². The molecule has 0 saturated carbocycles. The summed E-state index contributed by atoms with van der Waals surface area (Å²) in [7, 11) is 0. The second-order valence-electron chi connectivity index (χ2n) is 4.99. The first kappa shape index (κ1) is 16.8. The molecule has 9 nitrogen and oxygen atoms in total. The number of amides is 1. The van der Waals surface area contributed by atoms with Crippen LogP contribution in [0.15, 0.2) is 64.3 Å². The van der Waals surface area contributed by atoms with Crippen molar-refractivity contribution in [1.82, 2.24) is 15.7 Å². The first-order chi connectivity index (χ1) is 12.6. The third-order valence-corrected chi connectivity index (χ3v) is 3.23. The summed E-state index contributed by atoms with van der Waals surface area (Å²) < 4.78 is 9.72. The van der Waals surface area contributed by atoms with Gasteiger partial charge in [0.1, 0.15) is 5.75 Å². The molecule has 0 radical (unpaired) electrons. The van der Waals surface area contributed by atoms with E-state index in [-0.39, 0.29) is 11.5 Å². The number of aromatic nitrogens is 2. The molecule has 0 unspecified atom stereocenters. The first-order valence-corrected chi connectivity index (χ1v) is 7.43. The van der Waals surface area contributed by atoms with Crippen molar-refractivity contribution < 1.29 is 19.0 Å². The first-order valence-electron chi connectivity index (χ1n) is 7.43. The van der Waals surface area contributed by atoms with E-state index in [0.29, 0.717) is 16.9 Å². The quantitative estimate of drug-likeness (QED) is 0.309. The number of hydrogen-bond donors (Lipinski definition) is 2. The number of esters is 1. The molecular formula is C17H13N5O4. The van der Waals surface area contributed by atoms with Crippen molar-refractivity contribution in [1.29, 1.82) is 0 Å². The molecule has 0 aliphatic carbocycles. The lowest BCUT2D eigenvalue weighted by Crippen LogP contribution is -2.19. The van der Waals surface area contributed by atoms with Crippen molar-refractivity contribution in [3.05, 3.63) is 71.4 Å². The summed E-state index contributed by atoms with van der Waals surface area (Å²) in [6.07, 6.45) is 1.33. The van der Waals surface area contributed by atoms with E-state index in [1.807, 2.05) is 0 Å². The minimum atomic E-state index is -0.682. The molecule has 3 rings (SSSR count). The van der Waals surface area contributed by atoms with Gasteiger partial charge < -0.3 is 10.5 Å². The van der Waals surface area contributed by atoms with E-state index >= 15 is 0 Å². The SMILES string of the molecule is Nc1nonc1C(=O)N/N=C/c1ccccc1OC(=O)c1ccccc1. The van der Waals surface area contributed by atoms with Gasteiger partial charge in [-0.3, -0.25) is 4.79 Å². The Bertz CT molecular complexity index is 953. The van der Waals surface area contributed by atoms with Gasteiger partial charge in [0, 0.05) is 5.56 Å². The molecule has 0 fully saturated rings. The van der Waals surface area contributed by atoms with E-state index < -0.39 is 11.9 Å². The fourth-order valence-corrected chi connectivity index (χ4v) is 1.98. The van der Waals surface area contributed by atoms with Crippen molar-refractivity contribution >= 4 is 23.9 Å². The lowest BCUT2D eigenvalue weighted by molar-refractivity contribution is 0.0734. The van der Waals surface area contributed by atoms with Crippen molar-refractivity contribution in [3.63, 3.8) is 0 Å². The summed E-state index contributed by atoms with van der Waals surface area (Å²) in [6, 6.07) is 15.3. The smallest absolute Gasteiger partial charge is 0.343 e. The fraction of sp³-hybridized carbons (Fsp3) is 0. The minimum Gasteiger partial charge on any atom is -0.422 e. The molecule has 0 spiro atoms. The molecule has 3 N–H and O–H groups in total. The van der Waals surface area contributed by atoms with Crippen LogP contribution in [0.5, 0.6) is 5.75 Å². The highest BCUT2D eigenvalue weighted by molar-refractivity contribution is 5.97. The van der Waals surface area contributed by atoms with Gasteiger partial charge in [0.2, 0.25) is 11.5 Å². The predicted molar refractivity (Wildman–Crippen MR) is 91.6 cm³/mol. The number of hydrazone groups is 1. The molecule has 1 heterocycles. The second-order valence-corrected chi connectivity index (χ2v) is 4.99. The molecule has 0 aliphatic rings. The summed E-state index contributed by atoms with van der Waals surface area (Å²) in [4.78, 5) is 24.0. The molecule has 1 amide bonds. The Hall–Kier alpha value is -4.01. The zero-order chi connectivity index (χ0) is 18.4. The van der Waals surface area contributed by atoms with Crippen molar-refractivity contribution in [2.24, 2.45) is 5.10 Å². The van der Waals surface area contributed by atoms with Crippen LogP contribution in [0, 0.1) is 0 Å². The maximum atomic E-state index is 12.2. The Morgan fingerprint density at radius 3 is 2.54 bits per heavy atom. The molecule has 26 heavy (non-hydrogen) atoms. The summed E-state index contributed by atoms with van der Waals surface area (Å²) in [5.74, 6) is -1.03. The summed E-state index contributed by atoms with van der Waals surface area (Å²) in [5, 5.41) is 10.5. The summed E-state index contributed by atoms with van der Waals surface area (Å²) in [6.45, 7) is 0. The number of rotatable bonds is 5. The monoisotopic (exact) mass is 351 g/mol. The largest absolute Gasteiger partial charge is 0.422 e. The minimum absolute atomic E-state index is 0.144. The standard InChI is InChI=1S/C17H13N5O4/c18-15-14(21-26-22-15)16(23)20-19-10-12-8-4-5-9-13(12)25-17(24)11-6-2-1-3-7-11/h1-10H,(H2,18,22)(H,20,23)/b19-10+. The molecule has 0 bridgehead atoms. The lowest BCUT2D eigenvalue weighted by atomic mass is 10.2. The second kappa shape index (κ2) is 7.71. The van der Waals surface area contributed by atoms with Crippen molar-refractivity contribution in [2.75, 3.05) is 5.73 Å². The van der Waals surface area contributed by atoms with Crippen molar-refractivity contribution in [3.8, 4) is 5.75 Å². The Labute approximate surface area is 147 Å². The van der Waals surface area contributed by atoms with Crippen LogP contribution in [-0.4, -0.2) is 28.4 Å². The van der Waals surface area contributed by atoms with Crippen LogP contribution in [0.1, 0.15) is 26.4 Å². The Kier molecular flexibility index (Phi) is 4.99. The number of ether oxygens (including phenoxy) is 1. The average Bonchev–Trinajstić information content (AvgIpc) is 3.10. The number of hydrogen-bond acceptors (Lipinski definition) is 8. The van der Waals surface area contributed by atoms with E-state index in [9.17, 15) is 9.59 Å². The molecule has 2 aromatic carbocycles. The third kappa shape index (κ3) is 3.90. The van der Waals surface area contributed by atoms with Gasteiger partial charge in [-0.25, -0.2) is 14.8 Å². The number of nitrogens with zero attached hydrogens (tertiary/aromatic N) is 3. The number of para-hydroxylation sites is 1. The summed E-state index contributed by atoms with van der Waals surface area (Å²) in [5.41, 5.74) is 8.39. The van der Waals surface area contributed by atoms with Gasteiger partial charge in [-0.15, -0.1) is 0 Å². The highest BCUT2D eigenvalue weighted by Crippen LogP contribution is 2.17. The van der Waals surface area contributed by atoms with Gasteiger partial charge in [-0.1, -0.05) is 30.3 Å². The van der Waals surface area contributed by atoms with Gasteiger partial charge in [-0.2, -0.15) is 5.10 Å². The lowest BCUT2D eigenvalue weighted by Gasteiger charge is -2.07. The van der Waals surface area contributed by atoms with Gasteiger partial charge >= 0.3 is 5.97 Å². The number of nitrogen functional groups attached to an aromatic ring is 1. The van der Waals surface area contributed by atoms with Crippen LogP contribution in [0.2, 0.25) is 0 Å². The Morgan fingerprint density at radius 1 is 1.08 bits per heavy atom. The number of benzene rings is 2. The number of nitrogens with one attached hydrogen (secondary N) is 1. The van der Waals surface area contributed by atoms with Crippen LogP contribution in [0.3, 0.4) is 0 Å². The van der Waals surface area contributed by atoms with Crippen LogP contribution in [0.4, 0.5) is 5.82 Å². The zero-order valence-electron chi connectivity index (χ0n) is 13.3. The Morgan fingerprint density at radius 2 is 1.81 bits per heavy atom. The molecule has 0 saturated heterocycles. The molecule has 130 valence electrons. The van der Waals surface area contributed by atoms with Crippen molar-refractivity contribution in [2.45, 2.75) is 0 Å². The van der Waals surface area contributed by atoms with E-state index in [1.165, 1.54) is 6.21 Å². The topological polar surface area (TPSA) is 133 Å². The van der Waals surface area contributed by atoms with Gasteiger partial charge in [0.05, 0.1) is 11.8 Å².